The van der Waals surface area contributed by atoms with E-state index >= 15 is 0 Å². The lowest BCUT2D eigenvalue weighted by Crippen LogP contribution is -2.55. The van der Waals surface area contributed by atoms with Crippen molar-refractivity contribution in [1.29, 1.82) is 0 Å². The number of hydrogen-bond acceptors (Lipinski definition) is 2. The van der Waals surface area contributed by atoms with E-state index in [9.17, 15) is 26.3 Å². The zero-order chi connectivity index (χ0) is 18.9. The van der Waals surface area contributed by atoms with Gasteiger partial charge in [0.05, 0.1) is 20.0 Å². The first kappa shape index (κ1) is 19.2. The zero-order valence-corrected chi connectivity index (χ0v) is 13.5. The molecule has 25 heavy (non-hydrogen) atoms. The van der Waals surface area contributed by atoms with Gasteiger partial charge in [-0.15, -0.1) is 0 Å². The SMILES string of the molecule is COC1=CC=C(C(c2ccc(OC)cc2)(C(F)(F)F)C(F)(F)F)CC1. The van der Waals surface area contributed by atoms with Gasteiger partial charge in [-0.2, -0.15) is 26.3 Å². The van der Waals surface area contributed by atoms with E-state index in [1.807, 2.05) is 0 Å². The van der Waals surface area contributed by atoms with Gasteiger partial charge in [-0.1, -0.05) is 18.2 Å². The second kappa shape index (κ2) is 6.65. The molecule has 0 atom stereocenters. The summed E-state index contributed by atoms with van der Waals surface area (Å²) in [4.78, 5) is 0. The van der Waals surface area contributed by atoms with Crippen LogP contribution in [0.1, 0.15) is 18.4 Å². The summed E-state index contributed by atoms with van der Waals surface area (Å²) >= 11 is 0. The Morgan fingerprint density at radius 2 is 1.32 bits per heavy atom. The molecule has 0 spiro atoms. The van der Waals surface area contributed by atoms with Gasteiger partial charge in [-0.3, -0.25) is 0 Å². The van der Waals surface area contributed by atoms with Crippen molar-refractivity contribution in [2.24, 2.45) is 0 Å². The molecule has 0 aromatic heterocycles. The molecule has 1 aromatic carbocycles. The molecule has 0 fully saturated rings. The lowest BCUT2D eigenvalue weighted by Gasteiger charge is -2.40. The van der Waals surface area contributed by atoms with Crippen LogP contribution >= 0.6 is 0 Å². The summed E-state index contributed by atoms with van der Waals surface area (Å²) in [5.74, 6) is 0.498. The van der Waals surface area contributed by atoms with Gasteiger partial charge in [-0.25, -0.2) is 0 Å². The van der Waals surface area contributed by atoms with Crippen LogP contribution in [-0.2, 0) is 10.2 Å². The third kappa shape index (κ3) is 3.21. The van der Waals surface area contributed by atoms with Gasteiger partial charge in [0.2, 0.25) is 5.41 Å². The fourth-order valence-corrected chi connectivity index (χ4v) is 2.98. The van der Waals surface area contributed by atoms with Gasteiger partial charge in [0.1, 0.15) is 5.75 Å². The van der Waals surface area contributed by atoms with E-state index in [0.717, 1.165) is 36.4 Å². The third-order valence-electron chi connectivity index (χ3n) is 4.23. The summed E-state index contributed by atoms with van der Waals surface area (Å²) < 4.78 is 92.9. The molecule has 8 heteroatoms. The van der Waals surface area contributed by atoms with E-state index in [2.05, 4.69) is 0 Å². The molecule has 138 valence electrons. The Labute approximate surface area is 140 Å². The Bertz CT molecular complexity index is 654. The van der Waals surface area contributed by atoms with Crippen molar-refractivity contribution in [1.82, 2.24) is 0 Å². The number of ether oxygens (including phenoxy) is 2. The number of halogens is 6. The fraction of sp³-hybridized carbons (Fsp3) is 0.412. The Morgan fingerprint density at radius 3 is 1.68 bits per heavy atom. The lowest BCUT2D eigenvalue weighted by molar-refractivity contribution is -0.290. The molecule has 0 amide bonds. The van der Waals surface area contributed by atoms with Crippen molar-refractivity contribution in [2.75, 3.05) is 14.2 Å². The van der Waals surface area contributed by atoms with Crippen LogP contribution in [0.4, 0.5) is 26.3 Å². The molecule has 0 aliphatic heterocycles. The molecule has 1 aromatic rings. The largest absolute Gasteiger partial charge is 0.501 e. The summed E-state index contributed by atoms with van der Waals surface area (Å²) in [6.07, 6.45) is -9.58. The van der Waals surface area contributed by atoms with Gasteiger partial charge >= 0.3 is 12.4 Å². The Balaban J connectivity index is 2.74. The Kier molecular flexibility index (Phi) is 5.11. The minimum Gasteiger partial charge on any atom is -0.501 e. The summed E-state index contributed by atoms with van der Waals surface area (Å²) in [6.45, 7) is 0. The topological polar surface area (TPSA) is 18.5 Å². The van der Waals surface area contributed by atoms with E-state index in [0.29, 0.717) is 5.76 Å². The number of alkyl halides is 6. The maximum Gasteiger partial charge on any atom is 0.410 e. The van der Waals surface area contributed by atoms with Gasteiger partial charge in [0.15, 0.2) is 0 Å². The molecule has 0 bridgehead atoms. The van der Waals surface area contributed by atoms with Crippen LogP contribution in [0, 0.1) is 0 Å². The molecular weight excluding hydrogens is 350 g/mol. The third-order valence-corrected chi connectivity index (χ3v) is 4.23. The number of allylic oxidation sites excluding steroid dienone is 4. The highest BCUT2D eigenvalue weighted by Gasteiger charge is 2.73. The molecular formula is C17H16F6O2. The second-order valence-electron chi connectivity index (χ2n) is 5.50. The summed E-state index contributed by atoms with van der Waals surface area (Å²) in [7, 11) is 2.59. The van der Waals surface area contributed by atoms with Crippen molar-refractivity contribution in [3.05, 3.63) is 53.3 Å². The standard InChI is InChI=1S/C17H16F6O2/c1-24-13-7-3-11(4-8-13)15(16(18,19)20,17(21,22)23)12-5-9-14(25-2)10-6-12/h3-5,7-9H,6,10H2,1-2H3. The predicted molar refractivity (Wildman–Crippen MR) is 79.2 cm³/mol. The molecule has 2 rings (SSSR count). The second-order valence-corrected chi connectivity index (χ2v) is 5.50. The molecule has 2 nitrogen and oxygen atoms in total. The van der Waals surface area contributed by atoms with E-state index in [1.165, 1.54) is 14.2 Å². The Hall–Kier alpha value is -2.12. The average Bonchev–Trinajstić information content (AvgIpc) is 2.54. The predicted octanol–water partition coefficient (Wildman–Crippen LogP) is 5.31. The van der Waals surface area contributed by atoms with Crippen LogP contribution in [0.3, 0.4) is 0 Å². The van der Waals surface area contributed by atoms with E-state index < -0.39 is 35.3 Å². The molecule has 0 N–H and O–H groups in total. The van der Waals surface area contributed by atoms with E-state index in [-0.39, 0.29) is 12.2 Å². The van der Waals surface area contributed by atoms with Crippen LogP contribution < -0.4 is 4.74 Å². The van der Waals surface area contributed by atoms with Crippen LogP contribution in [0.5, 0.6) is 5.75 Å². The highest BCUT2D eigenvalue weighted by molar-refractivity contribution is 5.46. The van der Waals surface area contributed by atoms with Gasteiger partial charge in [0.25, 0.3) is 0 Å². The van der Waals surface area contributed by atoms with Crippen LogP contribution in [0.25, 0.3) is 0 Å². The molecule has 1 aliphatic carbocycles. The first-order valence-electron chi connectivity index (χ1n) is 7.30. The maximum absolute atomic E-state index is 13.9. The summed E-state index contributed by atoms with van der Waals surface area (Å²) in [5, 5.41) is 0. The van der Waals surface area contributed by atoms with Crippen molar-refractivity contribution < 1.29 is 35.8 Å². The van der Waals surface area contributed by atoms with Crippen LogP contribution in [0.2, 0.25) is 0 Å². The molecule has 1 aliphatic rings. The molecule has 0 saturated carbocycles. The van der Waals surface area contributed by atoms with Crippen LogP contribution in [-0.4, -0.2) is 26.6 Å². The van der Waals surface area contributed by atoms with Crippen molar-refractivity contribution in [3.8, 4) is 5.75 Å². The number of rotatable bonds is 4. The molecule has 0 heterocycles. The first-order valence-corrected chi connectivity index (χ1v) is 7.30. The zero-order valence-electron chi connectivity index (χ0n) is 13.5. The monoisotopic (exact) mass is 366 g/mol. The molecule has 0 radical (unpaired) electrons. The number of benzene rings is 1. The summed E-state index contributed by atoms with van der Waals surface area (Å²) in [6, 6.07) is 3.77. The Morgan fingerprint density at radius 1 is 0.760 bits per heavy atom. The fourth-order valence-electron chi connectivity index (χ4n) is 2.98. The minimum atomic E-state index is -5.57. The normalized spacial score (nSPS) is 16.2. The number of methoxy groups -OCH3 is 2. The average molecular weight is 366 g/mol. The van der Waals surface area contributed by atoms with Gasteiger partial charge in [0, 0.05) is 6.42 Å². The van der Waals surface area contributed by atoms with E-state index in [1.54, 1.807) is 0 Å². The lowest BCUT2D eigenvalue weighted by atomic mass is 9.70. The highest BCUT2D eigenvalue weighted by atomic mass is 19.4. The van der Waals surface area contributed by atoms with Crippen molar-refractivity contribution >= 4 is 0 Å². The van der Waals surface area contributed by atoms with Gasteiger partial charge in [-0.05, 0) is 35.8 Å². The number of hydrogen-bond donors (Lipinski definition) is 0. The summed E-state index contributed by atoms with van der Waals surface area (Å²) in [5.41, 5.74) is -5.74. The van der Waals surface area contributed by atoms with Gasteiger partial charge < -0.3 is 9.47 Å². The van der Waals surface area contributed by atoms with E-state index in [4.69, 9.17) is 9.47 Å². The molecule has 0 unspecified atom stereocenters. The highest BCUT2D eigenvalue weighted by Crippen LogP contribution is 2.58. The minimum absolute atomic E-state index is 0.0353. The van der Waals surface area contributed by atoms with Crippen LogP contribution in [0.15, 0.2) is 47.7 Å². The first-order chi connectivity index (χ1) is 11.6. The van der Waals surface area contributed by atoms with Crippen molar-refractivity contribution in [3.63, 3.8) is 0 Å². The quantitative estimate of drug-likeness (QED) is 0.673. The maximum atomic E-state index is 13.9. The smallest absolute Gasteiger partial charge is 0.410 e. The van der Waals surface area contributed by atoms with Crippen molar-refractivity contribution in [2.45, 2.75) is 30.6 Å². The molecule has 0 saturated heterocycles.